The van der Waals surface area contributed by atoms with Crippen molar-refractivity contribution in [1.29, 1.82) is 0 Å². The normalized spacial score (nSPS) is 24.9. The maximum absolute atomic E-state index is 16.4. The molecule has 1 spiro atoms. The topological polar surface area (TPSA) is 134 Å². The lowest BCUT2D eigenvalue weighted by Crippen LogP contribution is -2.60. The fourth-order valence-electron chi connectivity index (χ4n) is 8.16. The van der Waals surface area contributed by atoms with E-state index in [0.29, 0.717) is 40.1 Å². The largest absolute Gasteiger partial charge is 0.351 e. The number of hydrogen-bond acceptors (Lipinski definition) is 9. The summed E-state index contributed by atoms with van der Waals surface area (Å²) in [5, 5.41) is 4.26. The van der Waals surface area contributed by atoms with Crippen LogP contribution in [0, 0.1) is 23.0 Å². The van der Waals surface area contributed by atoms with E-state index < -0.39 is 31.7 Å². The number of fused-ring (bicyclic) bond motifs is 1. The van der Waals surface area contributed by atoms with Crippen molar-refractivity contribution in [2.45, 2.75) is 50.0 Å². The number of thiazole rings is 1. The zero-order chi connectivity index (χ0) is 32.3. The second kappa shape index (κ2) is 9.92. The van der Waals surface area contributed by atoms with Gasteiger partial charge in [0.05, 0.1) is 39.1 Å². The molecule has 2 aromatic heterocycles. The third-order valence-corrected chi connectivity index (χ3v) is 15.3. The van der Waals surface area contributed by atoms with Crippen LogP contribution in [0.3, 0.4) is 0 Å². The van der Waals surface area contributed by atoms with Gasteiger partial charge in [-0.15, -0.1) is 11.3 Å². The fraction of sp³-hybridized carbons (Fsp3) is 0.406. The van der Waals surface area contributed by atoms with Gasteiger partial charge in [-0.2, -0.15) is 8.42 Å². The van der Waals surface area contributed by atoms with Crippen LogP contribution in [0.15, 0.2) is 48.7 Å². The van der Waals surface area contributed by atoms with Gasteiger partial charge in [0.25, 0.3) is 0 Å². The van der Waals surface area contributed by atoms with Crippen LogP contribution >= 0.6 is 11.3 Å². The molecule has 1 saturated heterocycles. The van der Waals surface area contributed by atoms with Crippen LogP contribution in [0.1, 0.15) is 42.7 Å². The van der Waals surface area contributed by atoms with E-state index in [1.54, 1.807) is 30.5 Å². The number of nitrogens with one attached hydrogen (secondary N) is 2. The summed E-state index contributed by atoms with van der Waals surface area (Å²) >= 11 is 1.48. The van der Waals surface area contributed by atoms with Crippen molar-refractivity contribution < 1.29 is 25.6 Å². The Hall–Kier alpha value is -3.69. The molecule has 10 rings (SSSR count). The van der Waals surface area contributed by atoms with Crippen LogP contribution in [-0.2, 0) is 31.9 Å². The van der Waals surface area contributed by atoms with E-state index in [1.165, 1.54) is 29.5 Å². The lowest BCUT2D eigenvalue weighted by atomic mass is 9.45. The molecular weight excluding hydrogens is 667 g/mol. The van der Waals surface area contributed by atoms with Crippen molar-refractivity contribution in [3.8, 4) is 21.8 Å². The summed E-state index contributed by atoms with van der Waals surface area (Å²) in [7, 11) is -7.17. The second-order valence-corrected chi connectivity index (χ2v) is 18.5. The SMILES string of the molecule is O=S1(=O)CC2(CC(Nc3nccc(-c4sc(C56CC(C5)C6)nc4-c4cccc(NS(=O)(=O)N5CCc6ccc(F)cc65)c4F)n3)C2)C1. The standard InChI is InChI=1S/C32H30F2N6O4S3/c33-20-5-4-19-7-9-40(25(19)10-20)47(43,44)39-23-3-1-2-22(26(23)34)27-28(45-29(38-27)32-11-18(12-32)13-32)24-6-8-35-30(37-24)36-21-14-31(15-21)16-46(41,42)17-31/h1-6,8,10,18,21,39H,7,9,11-17H2,(H,35,36,37). The molecule has 0 unspecified atom stereocenters. The Labute approximate surface area is 274 Å². The van der Waals surface area contributed by atoms with Gasteiger partial charge in [0.15, 0.2) is 15.7 Å². The first kappa shape index (κ1) is 29.4. The Morgan fingerprint density at radius 2 is 1.79 bits per heavy atom. The van der Waals surface area contributed by atoms with Crippen molar-refractivity contribution in [2.24, 2.45) is 11.3 Å². The molecule has 10 nitrogen and oxygen atoms in total. The molecule has 4 aromatic rings. The summed E-state index contributed by atoms with van der Waals surface area (Å²) < 4.78 is 84.2. The summed E-state index contributed by atoms with van der Waals surface area (Å²) in [5.74, 6) is 0.255. The van der Waals surface area contributed by atoms with Crippen LogP contribution in [0.4, 0.5) is 26.1 Å². The Balaban J connectivity index is 1.03. The Bertz CT molecular complexity index is 2170. The van der Waals surface area contributed by atoms with Crippen LogP contribution in [0.5, 0.6) is 0 Å². The first-order valence-electron chi connectivity index (χ1n) is 15.6. The van der Waals surface area contributed by atoms with E-state index in [2.05, 4.69) is 15.0 Å². The fourth-order valence-corrected chi connectivity index (χ4v) is 13.0. The molecule has 0 atom stereocenters. The van der Waals surface area contributed by atoms with E-state index in [0.717, 1.165) is 41.4 Å². The van der Waals surface area contributed by atoms with Crippen molar-refractivity contribution in [3.05, 3.63) is 70.9 Å². The summed E-state index contributed by atoms with van der Waals surface area (Å²) in [4.78, 5) is 14.8. The molecule has 4 aliphatic carbocycles. The minimum absolute atomic E-state index is 0.00606. The van der Waals surface area contributed by atoms with Crippen LogP contribution in [0.25, 0.3) is 21.8 Å². The maximum atomic E-state index is 16.4. The van der Waals surface area contributed by atoms with Gasteiger partial charge in [-0.25, -0.2) is 32.2 Å². The summed E-state index contributed by atoms with van der Waals surface area (Å²) in [6.07, 6.45) is 6.69. The molecule has 15 heteroatoms. The number of aromatic nitrogens is 3. The lowest BCUT2D eigenvalue weighted by Gasteiger charge is -2.60. The highest BCUT2D eigenvalue weighted by atomic mass is 32.2. The Morgan fingerprint density at radius 3 is 2.51 bits per heavy atom. The molecule has 0 radical (unpaired) electrons. The van der Waals surface area contributed by atoms with Crippen LogP contribution in [0.2, 0.25) is 0 Å². The second-order valence-electron chi connectivity index (χ2n) is 13.9. The number of halogens is 2. The molecular formula is C32H30F2N6O4S3. The van der Waals surface area contributed by atoms with E-state index >= 15 is 4.39 Å². The number of sulfone groups is 1. The third-order valence-electron chi connectivity index (χ3n) is 10.4. The van der Waals surface area contributed by atoms with Crippen molar-refractivity contribution in [2.75, 3.05) is 32.4 Å². The van der Waals surface area contributed by atoms with E-state index in [4.69, 9.17) is 9.97 Å². The lowest BCUT2D eigenvalue weighted by molar-refractivity contribution is -0.0274. The number of anilines is 3. The maximum Gasteiger partial charge on any atom is 0.324 e. The molecule has 2 aromatic carbocycles. The van der Waals surface area contributed by atoms with Gasteiger partial charge >= 0.3 is 10.2 Å². The summed E-state index contributed by atoms with van der Waals surface area (Å²) in [6, 6.07) is 10.4. The van der Waals surface area contributed by atoms with Crippen molar-refractivity contribution in [1.82, 2.24) is 15.0 Å². The third kappa shape index (κ3) is 4.75. The minimum Gasteiger partial charge on any atom is -0.351 e. The van der Waals surface area contributed by atoms with Gasteiger partial charge < -0.3 is 5.32 Å². The summed E-state index contributed by atoms with van der Waals surface area (Å²) in [6.45, 7) is 0.114. The van der Waals surface area contributed by atoms with Gasteiger partial charge in [-0.1, -0.05) is 12.1 Å². The Morgan fingerprint density at radius 1 is 1.00 bits per heavy atom. The van der Waals surface area contributed by atoms with E-state index in [9.17, 15) is 21.2 Å². The molecule has 2 aliphatic heterocycles. The zero-order valence-corrected chi connectivity index (χ0v) is 27.5. The monoisotopic (exact) mass is 696 g/mol. The van der Waals surface area contributed by atoms with Crippen LogP contribution < -0.4 is 14.3 Å². The molecule has 244 valence electrons. The zero-order valence-electron chi connectivity index (χ0n) is 25.0. The number of nitrogens with zero attached hydrogens (tertiary/aromatic N) is 4. The van der Waals surface area contributed by atoms with Crippen molar-refractivity contribution >= 4 is 48.7 Å². The van der Waals surface area contributed by atoms with Gasteiger partial charge in [0.2, 0.25) is 5.95 Å². The Kier molecular flexibility index (Phi) is 6.22. The minimum atomic E-state index is -4.26. The first-order chi connectivity index (χ1) is 22.4. The number of hydrogen-bond donors (Lipinski definition) is 2. The molecule has 47 heavy (non-hydrogen) atoms. The van der Waals surface area contributed by atoms with Crippen molar-refractivity contribution in [3.63, 3.8) is 0 Å². The van der Waals surface area contributed by atoms with Gasteiger partial charge in [-0.3, -0.25) is 9.03 Å². The molecule has 2 bridgehead atoms. The highest BCUT2D eigenvalue weighted by Crippen LogP contribution is 2.66. The molecule has 4 heterocycles. The van der Waals surface area contributed by atoms with Gasteiger partial charge in [0.1, 0.15) is 10.8 Å². The molecule has 4 saturated carbocycles. The average molecular weight is 697 g/mol. The van der Waals surface area contributed by atoms with Gasteiger partial charge in [-0.05, 0) is 80.3 Å². The number of rotatable bonds is 8. The molecule has 5 fully saturated rings. The van der Waals surface area contributed by atoms with E-state index in [1.807, 2.05) is 0 Å². The van der Waals surface area contributed by atoms with Crippen LogP contribution in [-0.4, -0.2) is 55.9 Å². The van der Waals surface area contributed by atoms with Gasteiger partial charge in [0, 0.05) is 35.2 Å². The summed E-state index contributed by atoms with van der Waals surface area (Å²) in [5.41, 5.74) is 1.65. The molecule has 0 amide bonds. The molecule has 6 aliphatic rings. The predicted octanol–water partition coefficient (Wildman–Crippen LogP) is 5.31. The van der Waals surface area contributed by atoms with E-state index in [-0.39, 0.29) is 51.9 Å². The quantitative estimate of drug-likeness (QED) is 0.254. The molecule has 2 N–H and O–H groups in total. The average Bonchev–Trinajstić information content (AvgIpc) is 3.56. The predicted molar refractivity (Wildman–Crippen MR) is 175 cm³/mol. The highest BCUT2D eigenvalue weighted by Gasteiger charge is 2.59. The highest BCUT2D eigenvalue weighted by molar-refractivity contribution is 7.94. The smallest absolute Gasteiger partial charge is 0.324 e. The number of benzene rings is 2. The first-order valence-corrected chi connectivity index (χ1v) is 19.7.